The zero-order chi connectivity index (χ0) is 20.7. The molecule has 1 aliphatic heterocycles. The number of carbonyl (C=O) groups excluding carboxylic acids is 4. The van der Waals surface area contributed by atoms with Crippen molar-refractivity contribution < 1.29 is 32.7 Å². The number of carbonyl (C=O) groups is 4. The number of amides is 3. The summed E-state index contributed by atoms with van der Waals surface area (Å²) < 4.78 is 31.0. The van der Waals surface area contributed by atoms with E-state index in [4.69, 9.17) is 4.74 Å². The summed E-state index contributed by atoms with van der Waals surface area (Å²) in [7, 11) is 0. The number of nitrogens with one attached hydrogen (secondary N) is 1. The quantitative estimate of drug-likeness (QED) is 0.720. The standard InChI is InChI=1S/C18H21F2N3O5/c1-12(24)22-6-8-23(9-7-22)17(26)4-5-18(27)28-11-16(25)21-15-3-2-13(19)10-14(15)20/h2-3,10H,4-9,11H2,1H3,(H,21,25). The minimum Gasteiger partial charge on any atom is -0.456 e. The highest BCUT2D eigenvalue weighted by atomic mass is 19.1. The van der Waals surface area contributed by atoms with E-state index in [0.29, 0.717) is 32.2 Å². The fourth-order valence-corrected chi connectivity index (χ4v) is 2.63. The number of nitrogens with zero attached hydrogens (tertiary/aromatic N) is 2. The van der Waals surface area contributed by atoms with E-state index in [9.17, 15) is 28.0 Å². The first-order chi connectivity index (χ1) is 13.3. The highest BCUT2D eigenvalue weighted by molar-refractivity contribution is 5.93. The lowest BCUT2D eigenvalue weighted by Gasteiger charge is -2.34. The van der Waals surface area contributed by atoms with Gasteiger partial charge >= 0.3 is 5.97 Å². The van der Waals surface area contributed by atoms with Gasteiger partial charge in [-0.05, 0) is 12.1 Å². The summed E-state index contributed by atoms with van der Waals surface area (Å²) in [5, 5.41) is 2.16. The third kappa shape index (κ3) is 6.29. The molecular weight excluding hydrogens is 376 g/mol. The molecule has 3 amide bonds. The maximum Gasteiger partial charge on any atom is 0.306 e. The van der Waals surface area contributed by atoms with Gasteiger partial charge in [0.05, 0.1) is 12.1 Å². The number of esters is 1. The second-order valence-corrected chi connectivity index (χ2v) is 6.22. The Morgan fingerprint density at radius 2 is 1.68 bits per heavy atom. The van der Waals surface area contributed by atoms with E-state index in [0.717, 1.165) is 12.1 Å². The number of hydrogen-bond donors (Lipinski definition) is 1. The van der Waals surface area contributed by atoms with Crippen LogP contribution in [0.5, 0.6) is 0 Å². The van der Waals surface area contributed by atoms with Crippen LogP contribution in [0, 0.1) is 11.6 Å². The van der Waals surface area contributed by atoms with Crippen molar-refractivity contribution in [3.05, 3.63) is 29.8 Å². The van der Waals surface area contributed by atoms with Gasteiger partial charge in [-0.3, -0.25) is 19.2 Å². The Morgan fingerprint density at radius 1 is 1.04 bits per heavy atom. The fourth-order valence-electron chi connectivity index (χ4n) is 2.63. The molecule has 0 atom stereocenters. The van der Waals surface area contributed by atoms with Crippen LogP contribution in [0.4, 0.5) is 14.5 Å². The van der Waals surface area contributed by atoms with Crippen molar-refractivity contribution >= 4 is 29.4 Å². The zero-order valence-electron chi connectivity index (χ0n) is 15.4. The number of ether oxygens (including phenoxy) is 1. The molecule has 1 heterocycles. The van der Waals surface area contributed by atoms with Gasteiger partial charge in [-0.15, -0.1) is 0 Å². The van der Waals surface area contributed by atoms with Crippen LogP contribution >= 0.6 is 0 Å². The highest BCUT2D eigenvalue weighted by Gasteiger charge is 2.23. The van der Waals surface area contributed by atoms with E-state index in [-0.39, 0.29) is 30.3 Å². The summed E-state index contributed by atoms with van der Waals surface area (Å²) in [5.41, 5.74) is -0.234. The molecule has 0 bridgehead atoms. The summed E-state index contributed by atoms with van der Waals surface area (Å²) in [6.45, 7) is 2.52. The SMILES string of the molecule is CC(=O)N1CCN(C(=O)CCC(=O)OCC(=O)Nc2ccc(F)cc2F)CC1. The molecule has 1 aromatic rings. The monoisotopic (exact) mass is 397 g/mol. The van der Waals surface area contributed by atoms with Crippen molar-refractivity contribution in [3.63, 3.8) is 0 Å². The summed E-state index contributed by atoms with van der Waals surface area (Å²) >= 11 is 0. The Kier molecular flexibility index (Phi) is 7.42. The minimum atomic E-state index is -0.949. The highest BCUT2D eigenvalue weighted by Crippen LogP contribution is 2.14. The van der Waals surface area contributed by atoms with Gasteiger partial charge in [0.2, 0.25) is 11.8 Å². The Balaban J connectivity index is 1.67. The molecule has 28 heavy (non-hydrogen) atoms. The van der Waals surface area contributed by atoms with E-state index >= 15 is 0 Å². The van der Waals surface area contributed by atoms with E-state index in [1.807, 2.05) is 0 Å². The molecule has 0 aromatic heterocycles. The molecule has 1 aromatic carbocycles. The molecule has 0 aliphatic carbocycles. The zero-order valence-corrected chi connectivity index (χ0v) is 15.4. The Labute approximate surface area is 160 Å². The average molecular weight is 397 g/mol. The first-order valence-corrected chi connectivity index (χ1v) is 8.70. The lowest BCUT2D eigenvalue weighted by atomic mass is 10.2. The van der Waals surface area contributed by atoms with Gasteiger partial charge in [-0.25, -0.2) is 8.78 Å². The second kappa shape index (κ2) is 9.77. The lowest BCUT2D eigenvalue weighted by molar-refractivity contribution is -0.149. The number of rotatable bonds is 6. The van der Waals surface area contributed by atoms with Crippen LogP contribution in [0.25, 0.3) is 0 Å². The Bertz CT molecular complexity index is 764. The van der Waals surface area contributed by atoms with Gasteiger partial charge in [-0.2, -0.15) is 0 Å². The smallest absolute Gasteiger partial charge is 0.306 e. The molecular formula is C18H21F2N3O5. The van der Waals surface area contributed by atoms with Gasteiger partial charge in [0.1, 0.15) is 11.6 Å². The summed E-state index contributed by atoms with van der Waals surface area (Å²) in [6.07, 6.45) is -0.281. The minimum absolute atomic E-state index is 0.0468. The summed E-state index contributed by atoms with van der Waals surface area (Å²) in [6, 6.07) is 2.64. The van der Waals surface area contributed by atoms with E-state index in [1.165, 1.54) is 6.92 Å². The third-order valence-electron chi connectivity index (χ3n) is 4.19. The topological polar surface area (TPSA) is 96.0 Å². The molecule has 1 fully saturated rings. The summed E-state index contributed by atoms with van der Waals surface area (Å²) in [5.74, 6) is -3.55. The molecule has 1 N–H and O–H groups in total. The lowest BCUT2D eigenvalue weighted by Crippen LogP contribution is -2.50. The molecule has 0 unspecified atom stereocenters. The van der Waals surface area contributed by atoms with Gasteiger partial charge in [0.15, 0.2) is 6.61 Å². The van der Waals surface area contributed by atoms with E-state index in [1.54, 1.807) is 9.80 Å². The number of piperazine rings is 1. The molecule has 0 saturated carbocycles. The van der Waals surface area contributed by atoms with Crippen molar-refractivity contribution in [2.75, 3.05) is 38.1 Å². The number of halogens is 2. The molecule has 0 radical (unpaired) electrons. The van der Waals surface area contributed by atoms with Gasteiger partial charge in [0, 0.05) is 45.6 Å². The number of anilines is 1. The third-order valence-corrected chi connectivity index (χ3v) is 4.19. The van der Waals surface area contributed by atoms with Crippen molar-refractivity contribution in [1.29, 1.82) is 0 Å². The summed E-state index contributed by atoms with van der Waals surface area (Å²) in [4.78, 5) is 49.9. The van der Waals surface area contributed by atoms with Crippen molar-refractivity contribution in [2.24, 2.45) is 0 Å². The van der Waals surface area contributed by atoms with Crippen molar-refractivity contribution in [1.82, 2.24) is 9.80 Å². The largest absolute Gasteiger partial charge is 0.456 e. The van der Waals surface area contributed by atoms with Crippen LogP contribution in [0.3, 0.4) is 0 Å². The Hall–Kier alpha value is -3.04. The number of hydrogen-bond acceptors (Lipinski definition) is 5. The molecule has 10 heteroatoms. The number of benzene rings is 1. The predicted molar refractivity (Wildman–Crippen MR) is 94.0 cm³/mol. The second-order valence-electron chi connectivity index (χ2n) is 6.22. The van der Waals surface area contributed by atoms with Gasteiger partial charge < -0.3 is 19.9 Å². The van der Waals surface area contributed by atoms with E-state index in [2.05, 4.69) is 5.32 Å². The average Bonchev–Trinajstić information content (AvgIpc) is 2.66. The molecule has 1 saturated heterocycles. The van der Waals surface area contributed by atoms with Crippen LogP contribution < -0.4 is 5.32 Å². The first-order valence-electron chi connectivity index (χ1n) is 8.70. The van der Waals surface area contributed by atoms with Crippen LogP contribution in [0.2, 0.25) is 0 Å². The van der Waals surface area contributed by atoms with Crippen LogP contribution in [-0.2, 0) is 23.9 Å². The van der Waals surface area contributed by atoms with E-state index < -0.39 is 30.1 Å². The molecule has 152 valence electrons. The normalized spacial score (nSPS) is 13.8. The van der Waals surface area contributed by atoms with Crippen molar-refractivity contribution in [2.45, 2.75) is 19.8 Å². The predicted octanol–water partition coefficient (Wildman–Crippen LogP) is 0.917. The first kappa shape index (κ1) is 21.3. The van der Waals surface area contributed by atoms with Gasteiger partial charge in [-0.1, -0.05) is 0 Å². The van der Waals surface area contributed by atoms with Gasteiger partial charge in [0.25, 0.3) is 5.91 Å². The van der Waals surface area contributed by atoms with Crippen LogP contribution in [-0.4, -0.2) is 66.3 Å². The molecule has 1 aliphatic rings. The van der Waals surface area contributed by atoms with Crippen LogP contribution in [0.15, 0.2) is 18.2 Å². The Morgan fingerprint density at radius 3 is 2.29 bits per heavy atom. The maximum absolute atomic E-state index is 13.4. The van der Waals surface area contributed by atoms with Crippen molar-refractivity contribution in [3.8, 4) is 0 Å². The van der Waals surface area contributed by atoms with Crippen LogP contribution in [0.1, 0.15) is 19.8 Å². The fraction of sp³-hybridized carbons (Fsp3) is 0.444. The molecule has 8 nitrogen and oxygen atoms in total. The molecule has 0 spiro atoms. The maximum atomic E-state index is 13.4. The molecule has 2 rings (SSSR count).